The third kappa shape index (κ3) is 14.7. The van der Waals surface area contributed by atoms with Crippen molar-refractivity contribution in [3.05, 3.63) is 40.3 Å². The summed E-state index contributed by atoms with van der Waals surface area (Å²) >= 11 is 0. The highest BCUT2D eigenvalue weighted by atomic mass is 16.4. The molecule has 1 aromatic carbocycles. The number of hydrogen-bond acceptors (Lipinski definition) is 10. The average Bonchev–Trinajstić information content (AvgIpc) is 3.61. The van der Waals surface area contributed by atoms with Crippen molar-refractivity contribution in [3.8, 4) is 5.75 Å². The minimum absolute atomic E-state index is 0.00540. The molecule has 1 aliphatic heterocycles. The van der Waals surface area contributed by atoms with Crippen LogP contribution < -0.4 is 32.3 Å². The molecule has 0 aromatic heterocycles. The summed E-state index contributed by atoms with van der Waals surface area (Å²) in [5, 5.41) is 37.8. The van der Waals surface area contributed by atoms with E-state index in [0.717, 1.165) is 6.54 Å². The summed E-state index contributed by atoms with van der Waals surface area (Å²) < 4.78 is 0. The van der Waals surface area contributed by atoms with Gasteiger partial charge in [0.2, 0.25) is 23.6 Å². The van der Waals surface area contributed by atoms with Crippen molar-refractivity contribution < 1.29 is 34.2 Å². The first-order valence-electron chi connectivity index (χ1n) is 18.2. The lowest BCUT2D eigenvalue weighted by atomic mass is 9.96. The lowest BCUT2D eigenvalue weighted by Crippen LogP contribution is -2.59. The van der Waals surface area contributed by atoms with Gasteiger partial charge in [0, 0.05) is 44.1 Å². The summed E-state index contributed by atoms with van der Waals surface area (Å²) in [7, 11) is 0. The van der Waals surface area contributed by atoms with Crippen molar-refractivity contribution in [2.24, 2.45) is 22.7 Å². The van der Waals surface area contributed by atoms with Crippen molar-refractivity contribution in [1.29, 1.82) is 0 Å². The van der Waals surface area contributed by atoms with Crippen LogP contribution in [0.3, 0.4) is 0 Å². The minimum atomic E-state index is -1.20. The van der Waals surface area contributed by atoms with Gasteiger partial charge in [0.15, 0.2) is 0 Å². The summed E-state index contributed by atoms with van der Waals surface area (Å²) in [5.74, 6) is -3.94. The van der Waals surface area contributed by atoms with Crippen LogP contribution in [0.25, 0.3) is 10.4 Å². The Bertz CT molecular complexity index is 1360. The molecule has 17 heteroatoms. The summed E-state index contributed by atoms with van der Waals surface area (Å²) in [4.78, 5) is 71.0. The molecule has 1 aromatic rings. The summed E-state index contributed by atoms with van der Waals surface area (Å²) in [6, 6.07) is 0.724. The number of phenolic OH excluding ortho intramolecular Hbond substituents is 1. The van der Waals surface area contributed by atoms with Gasteiger partial charge in [-0.3, -0.25) is 19.2 Å². The van der Waals surface area contributed by atoms with E-state index in [-0.39, 0.29) is 43.4 Å². The van der Waals surface area contributed by atoms with E-state index in [1.807, 2.05) is 20.8 Å². The van der Waals surface area contributed by atoms with Crippen LogP contribution in [0.1, 0.15) is 71.8 Å². The summed E-state index contributed by atoms with van der Waals surface area (Å²) in [6.07, 6.45) is 2.37. The molecule has 0 saturated carbocycles. The molecule has 6 atom stereocenters. The number of nitrogens with zero attached hydrogens (tertiary/aromatic N) is 4. The Morgan fingerprint density at radius 2 is 1.65 bits per heavy atom. The molecular formula is C35H58N10O7. The van der Waals surface area contributed by atoms with Gasteiger partial charge in [-0.1, -0.05) is 51.4 Å². The SMILES string of the molecule is CC[C@H](C)[C@H](NC(=O)[C@H](Cc1ccc(O)cc1)NC(=O)[C@@H]1CCCN1C(=O)[C@H](CCCNCCNCCN)N=[N+]=[N-])C(=O)N[C@@H](CC(C)C)C(=O)O. The van der Waals surface area contributed by atoms with Gasteiger partial charge in [-0.2, -0.15) is 0 Å². The lowest BCUT2D eigenvalue weighted by Gasteiger charge is -2.30. The zero-order valence-electron chi connectivity index (χ0n) is 30.8. The lowest BCUT2D eigenvalue weighted by molar-refractivity contribution is -0.143. The third-order valence-corrected chi connectivity index (χ3v) is 9.07. The predicted molar refractivity (Wildman–Crippen MR) is 196 cm³/mol. The molecule has 1 saturated heterocycles. The number of amides is 4. The van der Waals surface area contributed by atoms with Crippen molar-refractivity contribution in [1.82, 2.24) is 31.5 Å². The number of carbonyl (C=O) groups is 5. The smallest absolute Gasteiger partial charge is 0.326 e. The van der Waals surface area contributed by atoms with Crippen LogP contribution in [-0.2, 0) is 30.4 Å². The molecule has 1 aliphatic rings. The van der Waals surface area contributed by atoms with Gasteiger partial charge in [0.1, 0.15) is 36.0 Å². The Balaban J connectivity index is 2.23. The maximum absolute atomic E-state index is 13.9. The molecule has 0 radical (unpaired) electrons. The van der Waals surface area contributed by atoms with Crippen molar-refractivity contribution in [2.45, 2.75) is 103 Å². The number of rotatable bonds is 24. The van der Waals surface area contributed by atoms with Gasteiger partial charge >= 0.3 is 5.97 Å². The number of carboxylic acids is 1. The van der Waals surface area contributed by atoms with Crippen molar-refractivity contribution in [2.75, 3.05) is 39.3 Å². The fourth-order valence-electron chi connectivity index (χ4n) is 5.99. The molecule has 9 N–H and O–H groups in total. The Kier molecular flexibility index (Phi) is 19.5. The number of carbonyl (C=O) groups excluding carboxylic acids is 4. The summed E-state index contributed by atoms with van der Waals surface area (Å²) in [5.41, 5.74) is 15.3. The molecule has 0 unspecified atom stereocenters. The van der Waals surface area contributed by atoms with Crippen LogP contribution in [-0.4, -0.2) is 114 Å². The van der Waals surface area contributed by atoms with E-state index in [4.69, 9.17) is 5.73 Å². The van der Waals surface area contributed by atoms with E-state index in [9.17, 15) is 39.7 Å². The number of nitrogens with one attached hydrogen (secondary N) is 5. The molecule has 2 rings (SSSR count). The molecule has 52 heavy (non-hydrogen) atoms. The van der Waals surface area contributed by atoms with Gasteiger partial charge in [-0.15, -0.1) is 0 Å². The van der Waals surface area contributed by atoms with Gasteiger partial charge in [-0.25, -0.2) is 4.79 Å². The van der Waals surface area contributed by atoms with Gasteiger partial charge in [0.25, 0.3) is 0 Å². The van der Waals surface area contributed by atoms with E-state index in [1.165, 1.54) is 17.0 Å². The molecule has 0 spiro atoms. The fourth-order valence-corrected chi connectivity index (χ4v) is 5.99. The first kappa shape index (κ1) is 43.7. The second kappa shape index (κ2) is 23.2. The highest BCUT2D eigenvalue weighted by Crippen LogP contribution is 2.22. The number of nitrogens with two attached hydrogens (primary N) is 1. The minimum Gasteiger partial charge on any atom is -0.508 e. The molecule has 290 valence electrons. The van der Waals surface area contributed by atoms with Crippen LogP contribution in [0.2, 0.25) is 0 Å². The monoisotopic (exact) mass is 730 g/mol. The molecule has 4 amide bonds. The van der Waals surface area contributed by atoms with Crippen LogP contribution in [0.5, 0.6) is 5.75 Å². The van der Waals surface area contributed by atoms with E-state index in [0.29, 0.717) is 57.4 Å². The first-order valence-corrected chi connectivity index (χ1v) is 18.2. The number of carboxylic acid groups (broad SMARTS) is 1. The van der Waals surface area contributed by atoms with E-state index < -0.39 is 59.8 Å². The normalized spacial score (nSPS) is 17.0. The second-order valence-electron chi connectivity index (χ2n) is 13.7. The number of phenols is 1. The van der Waals surface area contributed by atoms with Crippen molar-refractivity contribution >= 4 is 29.6 Å². The van der Waals surface area contributed by atoms with E-state index in [2.05, 4.69) is 36.6 Å². The molecule has 1 fully saturated rings. The topological polar surface area (TPSA) is 264 Å². The highest BCUT2D eigenvalue weighted by molar-refractivity contribution is 5.96. The first-order chi connectivity index (χ1) is 24.8. The molecule has 17 nitrogen and oxygen atoms in total. The molecule has 1 heterocycles. The number of benzene rings is 1. The standard InChI is InChI=1S/C35H58N10O7/c1-5-23(4)30(33(49)41-28(35(51)52)20-22(2)3)42-31(47)27(21-24-10-12-25(46)13-11-24)40-32(48)29-9-7-19-45(29)34(50)26(43-44-37)8-6-15-38-17-18-39-16-14-36/h10-13,22-23,26-30,38-39,46H,5-9,14-21,36H2,1-4H3,(H,40,48)(H,41,49)(H,42,47)(H,51,52)/t23-,26-,27-,28-,29-,30-/m0/s1. The second-order valence-corrected chi connectivity index (χ2v) is 13.7. The van der Waals surface area contributed by atoms with Crippen LogP contribution in [0, 0.1) is 11.8 Å². The Hall–Kier alpha value is -4.44. The quantitative estimate of drug-likeness (QED) is 0.0326. The van der Waals surface area contributed by atoms with Crippen LogP contribution in [0.4, 0.5) is 0 Å². The number of azide groups is 1. The molecule has 0 bridgehead atoms. The van der Waals surface area contributed by atoms with Gasteiger partial charge in [-0.05, 0) is 73.7 Å². The van der Waals surface area contributed by atoms with E-state index >= 15 is 0 Å². The third-order valence-electron chi connectivity index (χ3n) is 9.07. The van der Waals surface area contributed by atoms with E-state index in [1.54, 1.807) is 19.1 Å². The Morgan fingerprint density at radius 1 is 0.981 bits per heavy atom. The molecule has 0 aliphatic carbocycles. The molecular weight excluding hydrogens is 672 g/mol. The summed E-state index contributed by atoms with van der Waals surface area (Å²) in [6.45, 7) is 10.8. The highest BCUT2D eigenvalue weighted by Gasteiger charge is 2.39. The number of likely N-dealkylation sites (tertiary alicyclic amines) is 1. The van der Waals surface area contributed by atoms with Crippen molar-refractivity contribution in [3.63, 3.8) is 0 Å². The average molecular weight is 731 g/mol. The Labute approximate surface area is 305 Å². The van der Waals surface area contributed by atoms with Gasteiger partial charge < -0.3 is 47.4 Å². The van der Waals surface area contributed by atoms with Crippen LogP contribution >= 0.6 is 0 Å². The number of hydrogen-bond donors (Lipinski definition) is 8. The zero-order chi connectivity index (χ0) is 38.6. The fraction of sp³-hybridized carbons (Fsp3) is 0.686. The largest absolute Gasteiger partial charge is 0.508 e. The van der Waals surface area contributed by atoms with Crippen LogP contribution in [0.15, 0.2) is 29.4 Å². The maximum atomic E-state index is 13.9. The number of aliphatic carboxylic acids is 1. The van der Waals surface area contributed by atoms with Gasteiger partial charge in [0.05, 0.1) is 0 Å². The number of aromatic hydroxyl groups is 1. The Morgan fingerprint density at radius 3 is 2.25 bits per heavy atom. The maximum Gasteiger partial charge on any atom is 0.326 e. The predicted octanol–water partition coefficient (Wildman–Crippen LogP) is 1.15. The zero-order valence-corrected chi connectivity index (χ0v) is 30.8.